The summed E-state index contributed by atoms with van der Waals surface area (Å²) < 4.78 is 6.07. The lowest BCUT2D eigenvalue weighted by Gasteiger charge is -2.20. The molecule has 0 aliphatic heterocycles. The van der Waals surface area contributed by atoms with Crippen molar-refractivity contribution in [1.82, 2.24) is 14.5 Å². The van der Waals surface area contributed by atoms with E-state index in [1.807, 2.05) is 18.7 Å². The Kier molecular flexibility index (Phi) is 7.70. The van der Waals surface area contributed by atoms with Crippen LogP contribution in [0.15, 0.2) is 9.59 Å². The van der Waals surface area contributed by atoms with Crippen molar-refractivity contribution < 1.29 is 9.53 Å². The summed E-state index contributed by atoms with van der Waals surface area (Å²) in [6, 6.07) is 0. The molecule has 23 heavy (non-hydrogen) atoms. The Labute approximate surface area is 135 Å². The maximum atomic E-state index is 12.5. The average molecular weight is 326 g/mol. The molecule has 0 saturated carbocycles. The third-order valence-electron chi connectivity index (χ3n) is 3.48. The maximum Gasteiger partial charge on any atom is 0.330 e. The normalized spacial score (nSPS) is 11.1. The molecule has 0 aliphatic rings. The van der Waals surface area contributed by atoms with Crippen LogP contribution in [0.4, 0.5) is 5.82 Å². The number of nitrogen functional groups attached to an aromatic ring is 1. The maximum absolute atomic E-state index is 12.5. The van der Waals surface area contributed by atoms with Crippen molar-refractivity contribution in [3.8, 4) is 0 Å². The molecular weight excluding hydrogens is 300 g/mol. The minimum atomic E-state index is -0.737. The standard InChI is InChI=1S/C15H26N4O4/c1-4-6-18(7-5-2)10-11(20)12-13(16)19(8-9-23-3)15(22)17-14(12)21/h4-10,16H2,1-3H3,(H,17,21,22). The van der Waals surface area contributed by atoms with Crippen molar-refractivity contribution in [1.29, 1.82) is 0 Å². The molecule has 0 fully saturated rings. The molecule has 0 saturated heterocycles. The molecule has 0 radical (unpaired) electrons. The number of hydrogen-bond acceptors (Lipinski definition) is 6. The predicted octanol–water partition coefficient (Wildman–Crippen LogP) is 0.0699. The average Bonchev–Trinajstić information content (AvgIpc) is 2.47. The van der Waals surface area contributed by atoms with Crippen LogP contribution in [-0.4, -0.2) is 53.6 Å². The Morgan fingerprint density at radius 2 is 1.87 bits per heavy atom. The molecule has 0 aromatic carbocycles. The first-order valence-corrected chi connectivity index (χ1v) is 7.83. The third kappa shape index (κ3) is 5.04. The number of methoxy groups -OCH3 is 1. The van der Waals surface area contributed by atoms with Crippen LogP contribution in [0.1, 0.15) is 37.0 Å². The van der Waals surface area contributed by atoms with Gasteiger partial charge in [0.1, 0.15) is 11.4 Å². The van der Waals surface area contributed by atoms with Gasteiger partial charge in [0, 0.05) is 7.11 Å². The Hall–Kier alpha value is -1.93. The summed E-state index contributed by atoms with van der Waals surface area (Å²) in [7, 11) is 1.49. The molecule has 8 heteroatoms. The number of nitrogens with one attached hydrogen (secondary N) is 1. The molecule has 1 aromatic heterocycles. The van der Waals surface area contributed by atoms with Gasteiger partial charge in [-0.15, -0.1) is 0 Å². The highest BCUT2D eigenvalue weighted by atomic mass is 16.5. The fourth-order valence-electron chi connectivity index (χ4n) is 2.45. The number of ketones is 1. The number of nitrogens with zero attached hydrogens (tertiary/aromatic N) is 2. The van der Waals surface area contributed by atoms with Gasteiger partial charge in [-0.25, -0.2) is 4.79 Å². The molecule has 0 atom stereocenters. The number of hydrogen-bond donors (Lipinski definition) is 2. The van der Waals surface area contributed by atoms with Crippen molar-refractivity contribution >= 4 is 11.6 Å². The summed E-state index contributed by atoms with van der Waals surface area (Å²) in [5.74, 6) is -0.481. The lowest BCUT2D eigenvalue weighted by atomic mass is 10.1. The fraction of sp³-hybridized carbons (Fsp3) is 0.667. The van der Waals surface area contributed by atoms with Gasteiger partial charge in [-0.2, -0.15) is 0 Å². The number of H-pyrrole nitrogens is 1. The first-order valence-electron chi connectivity index (χ1n) is 7.83. The molecule has 130 valence electrons. The summed E-state index contributed by atoms with van der Waals surface area (Å²) in [6.45, 7) is 6.12. The number of rotatable bonds is 10. The van der Waals surface area contributed by atoms with E-state index in [4.69, 9.17) is 10.5 Å². The summed E-state index contributed by atoms with van der Waals surface area (Å²) in [4.78, 5) is 40.5. The second kappa shape index (κ2) is 9.26. The zero-order chi connectivity index (χ0) is 17.4. The quantitative estimate of drug-likeness (QED) is 0.589. The van der Waals surface area contributed by atoms with E-state index >= 15 is 0 Å². The van der Waals surface area contributed by atoms with Gasteiger partial charge in [0.25, 0.3) is 5.56 Å². The minimum Gasteiger partial charge on any atom is -0.384 e. The molecule has 0 unspecified atom stereocenters. The van der Waals surface area contributed by atoms with Crippen LogP contribution in [0.5, 0.6) is 0 Å². The van der Waals surface area contributed by atoms with E-state index in [2.05, 4.69) is 4.98 Å². The van der Waals surface area contributed by atoms with Gasteiger partial charge >= 0.3 is 5.69 Å². The third-order valence-corrected chi connectivity index (χ3v) is 3.48. The van der Waals surface area contributed by atoms with Gasteiger partial charge in [0.2, 0.25) is 0 Å². The zero-order valence-corrected chi connectivity index (χ0v) is 14.1. The molecule has 1 heterocycles. The SMILES string of the molecule is CCCN(CCC)CC(=O)c1c(N)n(CCOC)c(=O)[nH]c1=O. The highest BCUT2D eigenvalue weighted by molar-refractivity contribution is 6.01. The molecule has 0 bridgehead atoms. The number of ether oxygens (including phenoxy) is 1. The van der Waals surface area contributed by atoms with Crippen molar-refractivity contribution in [3.63, 3.8) is 0 Å². The number of carbonyl (C=O) groups is 1. The van der Waals surface area contributed by atoms with Crippen molar-refractivity contribution in [2.75, 3.05) is 39.1 Å². The predicted molar refractivity (Wildman–Crippen MR) is 89.0 cm³/mol. The highest BCUT2D eigenvalue weighted by Crippen LogP contribution is 2.07. The monoisotopic (exact) mass is 326 g/mol. The fourth-order valence-corrected chi connectivity index (χ4v) is 2.45. The van der Waals surface area contributed by atoms with E-state index in [0.717, 1.165) is 30.5 Å². The second-order valence-corrected chi connectivity index (χ2v) is 5.36. The Morgan fingerprint density at radius 3 is 2.39 bits per heavy atom. The van der Waals surface area contributed by atoms with E-state index in [1.165, 1.54) is 7.11 Å². The molecule has 0 amide bonds. The lowest BCUT2D eigenvalue weighted by Crippen LogP contribution is -2.40. The Balaban J connectivity index is 3.12. The van der Waals surface area contributed by atoms with Crippen LogP contribution in [0, 0.1) is 0 Å². The van der Waals surface area contributed by atoms with E-state index in [0.29, 0.717) is 0 Å². The van der Waals surface area contributed by atoms with E-state index < -0.39 is 11.2 Å². The largest absolute Gasteiger partial charge is 0.384 e. The molecule has 0 aliphatic carbocycles. The van der Waals surface area contributed by atoms with Gasteiger partial charge < -0.3 is 10.5 Å². The summed E-state index contributed by atoms with van der Waals surface area (Å²) in [5, 5.41) is 0. The van der Waals surface area contributed by atoms with Gasteiger partial charge in [-0.1, -0.05) is 13.8 Å². The van der Waals surface area contributed by atoms with Crippen LogP contribution in [-0.2, 0) is 11.3 Å². The van der Waals surface area contributed by atoms with Gasteiger partial charge in [-0.3, -0.25) is 24.0 Å². The number of carbonyl (C=O) groups excluding carboxylic acids is 1. The summed E-state index contributed by atoms with van der Waals surface area (Å²) in [6.07, 6.45) is 1.82. The number of nitrogens with two attached hydrogens (primary N) is 1. The van der Waals surface area contributed by atoms with Crippen LogP contribution in [0.2, 0.25) is 0 Å². The molecule has 0 spiro atoms. The second-order valence-electron chi connectivity index (χ2n) is 5.36. The van der Waals surface area contributed by atoms with Gasteiger partial charge in [-0.05, 0) is 25.9 Å². The number of aromatic amines is 1. The van der Waals surface area contributed by atoms with Crippen molar-refractivity contribution in [3.05, 3.63) is 26.4 Å². The van der Waals surface area contributed by atoms with E-state index in [1.54, 1.807) is 0 Å². The first kappa shape index (κ1) is 19.1. The Bertz CT molecular complexity index is 629. The molecule has 3 N–H and O–H groups in total. The van der Waals surface area contributed by atoms with Gasteiger partial charge in [0.05, 0.1) is 19.7 Å². The Morgan fingerprint density at radius 1 is 1.26 bits per heavy atom. The molecule has 8 nitrogen and oxygen atoms in total. The van der Waals surface area contributed by atoms with E-state index in [9.17, 15) is 14.4 Å². The molecule has 1 aromatic rings. The number of Topliss-reactive ketones (excluding diaryl/α,β-unsaturated/α-hetero) is 1. The highest BCUT2D eigenvalue weighted by Gasteiger charge is 2.21. The van der Waals surface area contributed by atoms with Gasteiger partial charge in [0.15, 0.2) is 5.78 Å². The van der Waals surface area contributed by atoms with Crippen molar-refractivity contribution in [2.45, 2.75) is 33.2 Å². The first-order chi connectivity index (χ1) is 11.0. The molecular formula is C15H26N4O4. The zero-order valence-electron chi connectivity index (χ0n) is 14.1. The minimum absolute atomic E-state index is 0.103. The van der Waals surface area contributed by atoms with E-state index in [-0.39, 0.29) is 36.9 Å². The number of anilines is 1. The van der Waals surface area contributed by atoms with Crippen LogP contribution < -0.4 is 17.0 Å². The lowest BCUT2D eigenvalue weighted by molar-refractivity contribution is 0.0929. The topological polar surface area (TPSA) is 110 Å². The molecule has 1 rings (SSSR count). The van der Waals surface area contributed by atoms with Crippen LogP contribution in [0.25, 0.3) is 0 Å². The van der Waals surface area contributed by atoms with Crippen LogP contribution in [0.3, 0.4) is 0 Å². The van der Waals surface area contributed by atoms with Crippen LogP contribution >= 0.6 is 0 Å². The number of aromatic nitrogens is 2. The summed E-state index contributed by atoms with van der Waals surface area (Å²) >= 11 is 0. The smallest absolute Gasteiger partial charge is 0.330 e. The summed E-state index contributed by atoms with van der Waals surface area (Å²) in [5.41, 5.74) is 4.37. The van der Waals surface area contributed by atoms with Crippen molar-refractivity contribution in [2.24, 2.45) is 0 Å².